The summed E-state index contributed by atoms with van der Waals surface area (Å²) in [5.74, 6) is 0.0199. The van der Waals surface area contributed by atoms with Gasteiger partial charge in [-0.3, -0.25) is 10.1 Å². The Labute approximate surface area is 138 Å². The molecule has 2 aliphatic heterocycles. The maximum atomic E-state index is 12.2. The van der Waals surface area contributed by atoms with Gasteiger partial charge in [-0.1, -0.05) is 6.07 Å². The molecule has 1 aromatic rings. The molecule has 1 aromatic carbocycles. The lowest BCUT2D eigenvalue weighted by Crippen LogP contribution is -2.45. The summed E-state index contributed by atoms with van der Waals surface area (Å²) in [6.07, 6.45) is 1.00. The SMILES string of the molecule is CN1CCN(CCCNC(=O)c2ccc3c(c2)NCNC3)CC1. The van der Waals surface area contributed by atoms with Crippen LogP contribution in [0.25, 0.3) is 0 Å². The number of rotatable bonds is 5. The van der Waals surface area contributed by atoms with Gasteiger partial charge in [-0.05, 0) is 37.7 Å². The minimum Gasteiger partial charge on any atom is -0.372 e. The Kier molecular flexibility index (Phi) is 5.48. The van der Waals surface area contributed by atoms with E-state index in [-0.39, 0.29) is 5.91 Å². The van der Waals surface area contributed by atoms with Crippen molar-refractivity contribution in [2.24, 2.45) is 0 Å². The Morgan fingerprint density at radius 3 is 2.91 bits per heavy atom. The molecule has 3 N–H and O–H groups in total. The summed E-state index contributed by atoms with van der Waals surface area (Å²) in [4.78, 5) is 17.1. The van der Waals surface area contributed by atoms with Crippen LogP contribution in [0.3, 0.4) is 0 Å². The van der Waals surface area contributed by atoms with E-state index in [0.717, 1.165) is 70.2 Å². The monoisotopic (exact) mass is 317 g/mol. The van der Waals surface area contributed by atoms with E-state index in [0.29, 0.717) is 0 Å². The van der Waals surface area contributed by atoms with Crippen molar-refractivity contribution in [1.82, 2.24) is 20.4 Å². The van der Waals surface area contributed by atoms with Gasteiger partial charge in [-0.15, -0.1) is 0 Å². The zero-order valence-electron chi connectivity index (χ0n) is 13.9. The van der Waals surface area contributed by atoms with Gasteiger partial charge < -0.3 is 20.4 Å². The number of hydrogen-bond acceptors (Lipinski definition) is 5. The van der Waals surface area contributed by atoms with Gasteiger partial charge in [0, 0.05) is 50.5 Å². The molecule has 2 heterocycles. The molecule has 23 heavy (non-hydrogen) atoms. The second kappa shape index (κ2) is 7.77. The fourth-order valence-electron chi connectivity index (χ4n) is 3.07. The van der Waals surface area contributed by atoms with Crippen molar-refractivity contribution < 1.29 is 4.79 Å². The zero-order chi connectivity index (χ0) is 16.1. The van der Waals surface area contributed by atoms with Crippen molar-refractivity contribution in [3.05, 3.63) is 29.3 Å². The first-order chi connectivity index (χ1) is 11.2. The highest BCUT2D eigenvalue weighted by Crippen LogP contribution is 2.19. The lowest BCUT2D eigenvalue weighted by Gasteiger charge is -2.32. The summed E-state index contributed by atoms with van der Waals surface area (Å²) in [5.41, 5.74) is 3.01. The zero-order valence-corrected chi connectivity index (χ0v) is 13.9. The number of carbonyl (C=O) groups is 1. The number of benzene rings is 1. The fraction of sp³-hybridized carbons (Fsp3) is 0.588. The summed E-state index contributed by atoms with van der Waals surface area (Å²) in [5, 5.41) is 9.55. The third-order valence-electron chi connectivity index (χ3n) is 4.62. The molecule has 1 fully saturated rings. The lowest BCUT2D eigenvalue weighted by molar-refractivity contribution is 0.0949. The molecule has 0 saturated carbocycles. The highest BCUT2D eigenvalue weighted by atomic mass is 16.1. The Morgan fingerprint density at radius 1 is 1.26 bits per heavy atom. The molecule has 0 atom stereocenters. The Balaban J connectivity index is 1.41. The van der Waals surface area contributed by atoms with Gasteiger partial charge in [-0.25, -0.2) is 0 Å². The quantitative estimate of drug-likeness (QED) is 0.692. The standard InChI is InChI=1S/C17H27N5O/c1-21-7-9-22(10-8-21)6-2-5-19-17(23)14-3-4-15-12-18-13-20-16(15)11-14/h3-4,11,18,20H,2,5-10,12-13H2,1H3,(H,19,23). The molecule has 6 heteroatoms. The molecular formula is C17H27N5O. The molecule has 0 unspecified atom stereocenters. The molecule has 1 amide bonds. The second-order valence-electron chi connectivity index (χ2n) is 6.41. The van der Waals surface area contributed by atoms with Gasteiger partial charge in [0.25, 0.3) is 5.91 Å². The van der Waals surface area contributed by atoms with Crippen LogP contribution in [-0.2, 0) is 6.54 Å². The van der Waals surface area contributed by atoms with E-state index in [1.54, 1.807) is 0 Å². The van der Waals surface area contributed by atoms with Gasteiger partial charge in [-0.2, -0.15) is 0 Å². The van der Waals surface area contributed by atoms with E-state index in [9.17, 15) is 4.79 Å². The maximum absolute atomic E-state index is 12.2. The van der Waals surface area contributed by atoms with Crippen molar-refractivity contribution in [2.45, 2.75) is 13.0 Å². The third-order valence-corrected chi connectivity index (χ3v) is 4.62. The van der Waals surface area contributed by atoms with Crippen LogP contribution in [0.15, 0.2) is 18.2 Å². The van der Waals surface area contributed by atoms with Crippen LogP contribution in [0.5, 0.6) is 0 Å². The van der Waals surface area contributed by atoms with E-state index in [1.807, 2.05) is 18.2 Å². The highest BCUT2D eigenvalue weighted by molar-refractivity contribution is 5.95. The Hall–Kier alpha value is -1.63. The summed E-state index contributed by atoms with van der Waals surface area (Å²) in [7, 11) is 2.17. The number of carbonyl (C=O) groups excluding carboxylic acids is 1. The van der Waals surface area contributed by atoms with E-state index in [1.165, 1.54) is 5.56 Å². The topological polar surface area (TPSA) is 59.6 Å². The van der Waals surface area contributed by atoms with E-state index in [2.05, 4.69) is 32.8 Å². The highest BCUT2D eigenvalue weighted by Gasteiger charge is 2.14. The molecule has 0 bridgehead atoms. The molecule has 2 aliphatic rings. The number of amides is 1. The lowest BCUT2D eigenvalue weighted by atomic mass is 10.1. The number of fused-ring (bicyclic) bond motifs is 1. The van der Waals surface area contributed by atoms with Gasteiger partial charge >= 0.3 is 0 Å². The van der Waals surface area contributed by atoms with Crippen molar-refractivity contribution >= 4 is 11.6 Å². The molecule has 0 aliphatic carbocycles. The summed E-state index contributed by atoms with van der Waals surface area (Å²) < 4.78 is 0. The average Bonchev–Trinajstić information content (AvgIpc) is 2.59. The molecule has 6 nitrogen and oxygen atoms in total. The van der Waals surface area contributed by atoms with Crippen molar-refractivity contribution in [1.29, 1.82) is 0 Å². The van der Waals surface area contributed by atoms with Gasteiger partial charge in [0.15, 0.2) is 0 Å². The maximum Gasteiger partial charge on any atom is 0.251 e. The number of nitrogens with zero attached hydrogens (tertiary/aromatic N) is 2. The van der Waals surface area contributed by atoms with Crippen LogP contribution >= 0.6 is 0 Å². The largest absolute Gasteiger partial charge is 0.372 e. The van der Waals surface area contributed by atoms with Crippen LogP contribution < -0.4 is 16.0 Å². The molecule has 0 spiro atoms. The van der Waals surface area contributed by atoms with Crippen LogP contribution in [0, 0.1) is 0 Å². The fourth-order valence-corrected chi connectivity index (χ4v) is 3.07. The van der Waals surface area contributed by atoms with E-state index in [4.69, 9.17) is 0 Å². The normalized spacial score (nSPS) is 19.0. The summed E-state index contributed by atoms with van der Waals surface area (Å²) in [6.45, 7) is 7.96. The average molecular weight is 317 g/mol. The van der Waals surface area contributed by atoms with E-state index < -0.39 is 0 Å². The first-order valence-electron chi connectivity index (χ1n) is 8.49. The van der Waals surface area contributed by atoms with Crippen LogP contribution in [0.4, 0.5) is 5.69 Å². The second-order valence-corrected chi connectivity index (χ2v) is 6.41. The predicted octanol–water partition coefficient (Wildman–Crippen LogP) is 0.527. The molecule has 3 rings (SSSR count). The smallest absolute Gasteiger partial charge is 0.251 e. The minimum absolute atomic E-state index is 0.0199. The van der Waals surface area contributed by atoms with Crippen molar-refractivity contribution in [3.8, 4) is 0 Å². The molecule has 126 valence electrons. The number of anilines is 1. The minimum atomic E-state index is 0.0199. The Morgan fingerprint density at radius 2 is 2.09 bits per heavy atom. The first kappa shape index (κ1) is 16.2. The number of piperazine rings is 1. The van der Waals surface area contributed by atoms with E-state index >= 15 is 0 Å². The van der Waals surface area contributed by atoms with Crippen molar-refractivity contribution in [3.63, 3.8) is 0 Å². The number of nitrogens with one attached hydrogen (secondary N) is 3. The van der Waals surface area contributed by atoms with Gasteiger partial charge in [0.1, 0.15) is 0 Å². The van der Waals surface area contributed by atoms with Gasteiger partial charge in [0.05, 0.1) is 6.67 Å². The van der Waals surface area contributed by atoms with Crippen LogP contribution in [0.1, 0.15) is 22.3 Å². The first-order valence-corrected chi connectivity index (χ1v) is 8.49. The molecular weight excluding hydrogens is 290 g/mol. The van der Waals surface area contributed by atoms with Crippen molar-refractivity contribution in [2.75, 3.05) is 58.3 Å². The summed E-state index contributed by atoms with van der Waals surface area (Å²) >= 11 is 0. The molecule has 0 aromatic heterocycles. The summed E-state index contributed by atoms with van der Waals surface area (Å²) in [6, 6.07) is 5.88. The number of hydrogen-bond donors (Lipinski definition) is 3. The Bertz CT molecular complexity index is 540. The third kappa shape index (κ3) is 4.43. The van der Waals surface area contributed by atoms with Crippen LogP contribution in [-0.4, -0.2) is 68.7 Å². The number of likely N-dealkylation sites (N-methyl/N-ethyl adjacent to an activating group) is 1. The molecule has 0 radical (unpaired) electrons. The van der Waals surface area contributed by atoms with Crippen LogP contribution in [0.2, 0.25) is 0 Å². The molecule has 1 saturated heterocycles. The predicted molar refractivity (Wildman–Crippen MR) is 92.7 cm³/mol. The van der Waals surface area contributed by atoms with Gasteiger partial charge in [0.2, 0.25) is 0 Å².